The highest BCUT2D eigenvalue weighted by Gasteiger charge is 2.29. The molecule has 4 rings (SSSR count). The molecule has 0 spiro atoms. The maximum atomic E-state index is 13.0. The summed E-state index contributed by atoms with van der Waals surface area (Å²) in [5.41, 5.74) is 6.55. The van der Waals surface area contributed by atoms with Gasteiger partial charge in [0.05, 0.1) is 16.3 Å². The molecule has 0 aliphatic carbocycles. The van der Waals surface area contributed by atoms with Gasteiger partial charge in [0.25, 0.3) is 5.91 Å². The van der Waals surface area contributed by atoms with Crippen LogP contribution in [0.25, 0.3) is 16.4 Å². The highest BCUT2D eigenvalue weighted by atomic mass is 32.1. The van der Waals surface area contributed by atoms with Gasteiger partial charge in [-0.3, -0.25) is 14.2 Å². The van der Waals surface area contributed by atoms with Crippen LogP contribution < -0.4 is 10.6 Å². The largest absolute Gasteiger partial charge is 0.355 e. The summed E-state index contributed by atoms with van der Waals surface area (Å²) in [6.45, 7) is 8.90. The minimum absolute atomic E-state index is 0.109. The number of nitrogens with zero attached hydrogens (tertiary/aromatic N) is 2. The van der Waals surface area contributed by atoms with Crippen LogP contribution in [-0.2, 0) is 24.1 Å². The summed E-state index contributed by atoms with van der Waals surface area (Å²) in [7, 11) is 0. The monoisotopic (exact) mass is 450 g/mol. The number of aromatic nitrogens is 2. The van der Waals surface area contributed by atoms with Crippen molar-refractivity contribution in [3.8, 4) is 16.4 Å². The predicted molar refractivity (Wildman–Crippen MR) is 129 cm³/mol. The summed E-state index contributed by atoms with van der Waals surface area (Å²) in [6.07, 6.45) is 2.68. The number of imidazole rings is 1. The van der Waals surface area contributed by atoms with Crippen LogP contribution in [0.4, 0.5) is 0 Å². The normalized spacial score (nSPS) is 12.4. The van der Waals surface area contributed by atoms with E-state index in [1.54, 1.807) is 11.3 Å². The third-order valence-corrected chi connectivity index (χ3v) is 6.62. The molecule has 2 N–H and O–H groups in total. The number of hydrogen-bond donors (Lipinski definition) is 2. The van der Waals surface area contributed by atoms with E-state index in [0.29, 0.717) is 24.7 Å². The third-order valence-electron chi connectivity index (χ3n) is 5.75. The van der Waals surface area contributed by atoms with Gasteiger partial charge in [-0.25, -0.2) is 4.98 Å². The summed E-state index contributed by atoms with van der Waals surface area (Å²) in [5.74, 6) is 1.09. The van der Waals surface area contributed by atoms with Gasteiger partial charge in [-0.05, 0) is 66.3 Å². The van der Waals surface area contributed by atoms with Crippen molar-refractivity contribution in [2.75, 3.05) is 13.1 Å². The van der Waals surface area contributed by atoms with E-state index in [2.05, 4.69) is 54.2 Å². The van der Waals surface area contributed by atoms with Gasteiger partial charge in [0.15, 0.2) is 5.82 Å². The molecule has 0 saturated heterocycles. The van der Waals surface area contributed by atoms with Crippen molar-refractivity contribution >= 4 is 23.2 Å². The number of rotatable bonds is 7. The Kier molecular flexibility index (Phi) is 6.46. The molecule has 7 heteroatoms. The Morgan fingerprint density at radius 3 is 2.66 bits per heavy atom. The van der Waals surface area contributed by atoms with E-state index in [4.69, 9.17) is 4.98 Å². The third kappa shape index (κ3) is 4.48. The van der Waals surface area contributed by atoms with Crippen molar-refractivity contribution in [1.29, 1.82) is 0 Å². The molecule has 6 nitrogen and oxygen atoms in total. The maximum absolute atomic E-state index is 13.0. The molecule has 0 bridgehead atoms. The topological polar surface area (TPSA) is 76.0 Å². The van der Waals surface area contributed by atoms with Crippen LogP contribution in [0.15, 0.2) is 29.6 Å². The number of thiophene rings is 1. The average Bonchev–Trinajstić information content (AvgIpc) is 3.39. The van der Waals surface area contributed by atoms with E-state index in [1.165, 1.54) is 23.6 Å². The molecule has 32 heavy (non-hydrogen) atoms. The first kappa shape index (κ1) is 22.3. The van der Waals surface area contributed by atoms with Crippen molar-refractivity contribution in [1.82, 2.24) is 20.2 Å². The van der Waals surface area contributed by atoms with Gasteiger partial charge < -0.3 is 10.6 Å². The minimum atomic E-state index is -0.195. The van der Waals surface area contributed by atoms with Gasteiger partial charge in [-0.15, -0.1) is 11.3 Å². The van der Waals surface area contributed by atoms with Crippen LogP contribution in [0.1, 0.15) is 53.6 Å². The number of carbonyl (C=O) groups excluding carboxylic acids is 2. The highest BCUT2D eigenvalue weighted by Crippen LogP contribution is 2.36. The van der Waals surface area contributed by atoms with E-state index < -0.39 is 0 Å². The molecule has 3 heterocycles. The molecule has 0 unspecified atom stereocenters. The molecule has 1 aromatic carbocycles. The van der Waals surface area contributed by atoms with Crippen LogP contribution in [0.3, 0.4) is 0 Å². The number of aryl methyl sites for hydroxylation is 2. The number of nitrogens with one attached hydrogen (secondary N) is 2. The first-order valence-corrected chi connectivity index (χ1v) is 12.0. The zero-order valence-corrected chi connectivity index (χ0v) is 19.9. The lowest BCUT2D eigenvalue weighted by Crippen LogP contribution is -2.34. The predicted octanol–water partition coefficient (Wildman–Crippen LogP) is 4.07. The standard InChI is InChI=1S/C25H30N4O2S/c1-15(2)12-19-14-21-18(13-16(19)3)7-8-20-23(25(31)27-10-9-26-17(4)30)28-24(29(20)21)22-6-5-11-32-22/h5-6,11,13-15H,7-10,12H2,1-4H3,(H,26,30)(H,27,31). The molecule has 0 saturated carbocycles. The Morgan fingerprint density at radius 1 is 1.19 bits per heavy atom. The van der Waals surface area contributed by atoms with Gasteiger partial charge in [-0.2, -0.15) is 0 Å². The molecular formula is C25H30N4O2S. The Labute approximate surface area is 193 Å². The Hall–Kier alpha value is -2.93. The number of carbonyl (C=O) groups is 2. The summed E-state index contributed by atoms with van der Waals surface area (Å²) < 4.78 is 2.19. The Morgan fingerprint density at radius 2 is 1.97 bits per heavy atom. The van der Waals surface area contributed by atoms with Gasteiger partial charge in [0.1, 0.15) is 5.69 Å². The quantitative estimate of drug-likeness (QED) is 0.533. The second kappa shape index (κ2) is 9.28. The molecule has 3 aromatic rings. The molecule has 168 valence electrons. The summed E-state index contributed by atoms with van der Waals surface area (Å²) >= 11 is 1.63. The SMILES string of the molecule is CC(=O)NCCNC(=O)c1nc(-c2cccs2)n2c1CCc1cc(C)c(CC(C)C)cc1-2. The van der Waals surface area contributed by atoms with Crippen LogP contribution in [-0.4, -0.2) is 34.5 Å². The Bertz CT molecular complexity index is 1150. The van der Waals surface area contributed by atoms with E-state index in [0.717, 1.165) is 41.3 Å². The van der Waals surface area contributed by atoms with Crippen molar-refractivity contribution < 1.29 is 9.59 Å². The smallest absolute Gasteiger partial charge is 0.271 e. The average molecular weight is 451 g/mol. The zero-order chi connectivity index (χ0) is 22.8. The fraction of sp³-hybridized carbons (Fsp3) is 0.400. The molecule has 0 fully saturated rings. The van der Waals surface area contributed by atoms with E-state index in [1.807, 2.05) is 11.4 Å². The minimum Gasteiger partial charge on any atom is -0.355 e. The van der Waals surface area contributed by atoms with Gasteiger partial charge >= 0.3 is 0 Å². The van der Waals surface area contributed by atoms with Crippen molar-refractivity contribution in [2.45, 2.75) is 47.0 Å². The molecular weight excluding hydrogens is 420 g/mol. The van der Waals surface area contributed by atoms with Crippen LogP contribution >= 0.6 is 11.3 Å². The number of hydrogen-bond acceptors (Lipinski definition) is 4. The summed E-state index contributed by atoms with van der Waals surface area (Å²) in [6, 6.07) is 8.67. The van der Waals surface area contributed by atoms with Crippen molar-refractivity contribution in [2.24, 2.45) is 5.92 Å². The van der Waals surface area contributed by atoms with Gasteiger partial charge in [-0.1, -0.05) is 26.0 Å². The van der Waals surface area contributed by atoms with Crippen molar-refractivity contribution in [3.63, 3.8) is 0 Å². The molecule has 2 amide bonds. The second-order valence-electron chi connectivity index (χ2n) is 8.79. The van der Waals surface area contributed by atoms with Crippen molar-refractivity contribution in [3.05, 3.63) is 57.7 Å². The van der Waals surface area contributed by atoms with E-state index in [9.17, 15) is 9.59 Å². The number of amides is 2. The lowest BCUT2D eigenvalue weighted by molar-refractivity contribution is -0.118. The lowest BCUT2D eigenvalue weighted by atomic mass is 9.92. The second-order valence-corrected chi connectivity index (χ2v) is 9.74. The van der Waals surface area contributed by atoms with Crippen LogP contribution in [0, 0.1) is 12.8 Å². The lowest BCUT2D eigenvalue weighted by Gasteiger charge is -2.24. The highest BCUT2D eigenvalue weighted by molar-refractivity contribution is 7.13. The molecule has 1 aliphatic heterocycles. The van der Waals surface area contributed by atoms with Crippen LogP contribution in [0.2, 0.25) is 0 Å². The molecule has 0 atom stereocenters. The molecule has 2 aromatic heterocycles. The first-order valence-electron chi connectivity index (χ1n) is 11.2. The number of fused-ring (bicyclic) bond motifs is 3. The Balaban J connectivity index is 1.76. The maximum Gasteiger partial charge on any atom is 0.271 e. The summed E-state index contributed by atoms with van der Waals surface area (Å²) in [5, 5.41) is 7.65. The van der Waals surface area contributed by atoms with E-state index >= 15 is 0 Å². The fourth-order valence-electron chi connectivity index (χ4n) is 4.32. The fourth-order valence-corrected chi connectivity index (χ4v) is 5.02. The van der Waals surface area contributed by atoms with Crippen LogP contribution in [0.5, 0.6) is 0 Å². The summed E-state index contributed by atoms with van der Waals surface area (Å²) in [4.78, 5) is 30.0. The van der Waals surface area contributed by atoms with E-state index in [-0.39, 0.29) is 11.8 Å². The number of benzene rings is 1. The first-order chi connectivity index (χ1) is 15.3. The van der Waals surface area contributed by atoms with Gasteiger partial charge in [0, 0.05) is 20.0 Å². The van der Waals surface area contributed by atoms with Gasteiger partial charge in [0.2, 0.25) is 5.91 Å². The molecule has 1 aliphatic rings. The molecule has 0 radical (unpaired) electrons. The zero-order valence-electron chi connectivity index (χ0n) is 19.1.